The Labute approximate surface area is 113 Å². The van der Waals surface area contributed by atoms with Gasteiger partial charge in [0.05, 0.1) is 25.1 Å². The predicted octanol–water partition coefficient (Wildman–Crippen LogP) is 2.14. The molecule has 3 rings (SSSR count). The van der Waals surface area contributed by atoms with Gasteiger partial charge >= 0.3 is 0 Å². The molecule has 0 amide bonds. The van der Waals surface area contributed by atoms with Gasteiger partial charge in [0.2, 0.25) is 0 Å². The Morgan fingerprint density at radius 3 is 3.00 bits per heavy atom. The van der Waals surface area contributed by atoms with Crippen molar-refractivity contribution in [2.45, 2.75) is 25.5 Å². The molecule has 100 valence electrons. The highest BCUT2D eigenvalue weighted by atomic mass is 16.5. The van der Waals surface area contributed by atoms with E-state index in [9.17, 15) is 0 Å². The summed E-state index contributed by atoms with van der Waals surface area (Å²) in [4.78, 5) is 0. The summed E-state index contributed by atoms with van der Waals surface area (Å²) in [6.45, 7) is 2.54. The Hall–Kier alpha value is -1.65. The molecule has 2 heterocycles. The Bertz CT molecular complexity index is 503. The highest BCUT2D eigenvalue weighted by Gasteiger charge is 2.13. The molecule has 4 nitrogen and oxygen atoms in total. The third-order valence-corrected chi connectivity index (χ3v) is 3.41. The van der Waals surface area contributed by atoms with Gasteiger partial charge in [0, 0.05) is 17.8 Å². The minimum atomic E-state index is 0.532. The maximum atomic E-state index is 5.74. The minimum absolute atomic E-state index is 0.532. The molecule has 1 unspecified atom stereocenters. The molecule has 2 aromatic rings. The van der Waals surface area contributed by atoms with Gasteiger partial charge in [0.15, 0.2) is 0 Å². The number of nitrogens with zero attached hydrogens (tertiary/aromatic N) is 2. The summed E-state index contributed by atoms with van der Waals surface area (Å²) in [6.07, 6.45) is 6.38. The lowest BCUT2D eigenvalue weighted by molar-refractivity contribution is 0.103. The molecule has 4 heteroatoms. The van der Waals surface area contributed by atoms with Crippen molar-refractivity contribution in [1.82, 2.24) is 15.1 Å². The maximum absolute atomic E-state index is 5.74. The molecule has 19 heavy (non-hydrogen) atoms. The van der Waals surface area contributed by atoms with Gasteiger partial charge in [-0.3, -0.25) is 0 Å². The predicted molar refractivity (Wildman–Crippen MR) is 74.2 cm³/mol. The van der Waals surface area contributed by atoms with Crippen LogP contribution in [0.25, 0.3) is 5.69 Å². The molecule has 0 bridgehead atoms. The molecular weight excluding hydrogens is 238 g/mol. The van der Waals surface area contributed by atoms with Crippen molar-refractivity contribution in [3.63, 3.8) is 0 Å². The number of aromatic nitrogens is 2. The molecule has 0 radical (unpaired) electrons. The summed E-state index contributed by atoms with van der Waals surface area (Å²) >= 11 is 0. The van der Waals surface area contributed by atoms with Crippen molar-refractivity contribution in [3.05, 3.63) is 48.3 Å². The van der Waals surface area contributed by atoms with Crippen LogP contribution in [-0.4, -0.2) is 29.0 Å². The summed E-state index contributed by atoms with van der Waals surface area (Å²) in [5, 5.41) is 7.79. The fraction of sp³-hybridized carbons (Fsp3) is 0.400. The van der Waals surface area contributed by atoms with Crippen LogP contribution in [-0.2, 0) is 11.3 Å². The third-order valence-electron chi connectivity index (χ3n) is 3.41. The summed E-state index contributed by atoms with van der Waals surface area (Å²) in [7, 11) is 0. The van der Waals surface area contributed by atoms with E-state index in [1.54, 1.807) is 0 Å². The van der Waals surface area contributed by atoms with Crippen molar-refractivity contribution in [2.75, 3.05) is 13.2 Å². The van der Waals surface area contributed by atoms with E-state index < -0.39 is 0 Å². The number of nitrogens with one attached hydrogen (secondary N) is 1. The van der Waals surface area contributed by atoms with E-state index in [0.29, 0.717) is 12.6 Å². The third kappa shape index (κ3) is 3.22. The number of hydrogen-bond donors (Lipinski definition) is 1. The van der Waals surface area contributed by atoms with E-state index in [-0.39, 0.29) is 0 Å². The van der Waals surface area contributed by atoms with Crippen molar-refractivity contribution >= 4 is 0 Å². The largest absolute Gasteiger partial charge is 0.375 e. The van der Waals surface area contributed by atoms with E-state index in [0.717, 1.165) is 24.4 Å². The molecule has 1 N–H and O–H groups in total. The number of hydrogen-bond acceptors (Lipinski definition) is 3. The molecular formula is C15H19N3O. The van der Waals surface area contributed by atoms with Gasteiger partial charge in [-0.2, -0.15) is 5.10 Å². The Balaban J connectivity index is 1.53. The average molecular weight is 257 g/mol. The van der Waals surface area contributed by atoms with Crippen molar-refractivity contribution < 1.29 is 4.74 Å². The molecule has 1 aromatic carbocycles. The van der Waals surface area contributed by atoms with E-state index in [1.165, 1.54) is 12.8 Å². The van der Waals surface area contributed by atoms with Crippen LogP contribution in [0, 0.1) is 0 Å². The van der Waals surface area contributed by atoms with Crippen molar-refractivity contribution in [3.8, 4) is 5.69 Å². The molecule has 1 aromatic heterocycles. The number of benzene rings is 1. The molecule has 0 saturated carbocycles. The fourth-order valence-corrected chi connectivity index (χ4v) is 2.37. The molecule has 1 atom stereocenters. The second-order valence-electron chi connectivity index (χ2n) is 4.94. The van der Waals surface area contributed by atoms with Crippen LogP contribution in [0.3, 0.4) is 0 Å². The van der Waals surface area contributed by atoms with Gasteiger partial charge in [-0.25, -0.2) is 4.68 Å². The average Bonchev–Trinajstić information content (AvgIpc) is 3.11. The first-order valence-corrected chi connectivity index (χ1v) is 6.82. The highest BCUT2D eigenvalue weighted by Crippen LogP contribution is 2.10. The molecule has 0 aliphatic carbocycles. The lowest BCUT2D eigenvalue weighted by atomic mass is 10.2. The van der Waals surface area contributed by atoms with Crippen LogP contribution in [0.1, 0.15) is 18.4 Å². The summed E-state index contributed by atoms with van der Waals surface area (Å²) in [6, 6.07) is 10.6. The Kier molecular flexibility index (Phi) is 3.91. The highest BCUT2D eigenvalue weighted by molar-refractivity contribution is 5.30. The quantitative estimate of drug-likeness (QED) is 0.892. The van der Waals surface area contributed by atoms with E-state index in [4.69, 9.17) is 4.74 Å². The lowest BCUT2D eigenvalue weighted by Gasteiger charge is -2.09. The maximum Gasteiger partial charge on any atom is 0.0748 e. The van der Waals surface area contributed by atoms with Crippen molar-refractivity contribution in [1.29, 1.82) is 0 Å². The van der Waals surface area contributed by atoms with Crippen LogP contribution in [0.15, 0.2) is 42.7 Å². The Morgan fingerprint density at radius 1 is 1.32 bits per heavy atom. The summed E-state index contributed by atoms with van der Waals surface area (Å²) in [5.41, 5.74) is 2.19. The zero-order valence-electron chi connectivity index (χ0n) is 11.0. The Morgan fingerprint density at radius 2 is 2.21 bits per heavy atom. The van der Waals surface area contributed by atoms with Gasteiger partial charge in [0.25, 0.3) is 0 Å². The number of rotatable bonds is 5. The first kappa shape index (κ1) is 12.4. The van der Waals surface area contributed by atoms with Crippen LogP contribution >= 0.6 is 0 Å². The van der Waals surface area contributed by atoms with Crippen LogP contribution in [0.4, 0.5) is 0 Å². The van der Waals surface area contributed by atoms with Gasteiger partial charge in [-0.1, -0.05) is 18.2 Å². The monoisotopic (exact) mass is 257 g/mol. The molecule has 1 aliphatic heterocycles. The SMILES string of the molecule is c1ccc(-n2cc(COCC3CCCN3)cn2)cc1. The zero-order valence-corrected chi connectivity index (χ0v) is 11.0. The summed E-state index contributed by atoms with van der Waals surface area (Å²) in [5.74, 6) is 0. The number of para-hydroxylation sites is 1. The second kappa shape index (κ2) is 5.99. The molecule has 0 spiro atoms. The first-order chi connectivity index (χ1) is 9.42. The van der Waals surface area contributed by atoms with E-state index in [2.05, 4.69) is 10.4 Å². The van der Waals surface area contributed by atoms with Gasteiger partial charge in [-0.05, 0) is 31.5 Å². The van der Waals surface area contributed by atoms with Gasteiger partial charge < -0.3 is 10.1 Å². The zero-order chi connectivity index (χ0) is 12.9. The van der Waals surface area contributed by atoms with Crippen LogP contribution in [0.5, 0.6) is 0 Å². The normalized spacial score (nSPS) is 18.8. The molecule has 1 fully saturated rings. The first-order valence-electron chi connectivity index (χ1n) is 6.82. The van der Waals surface area contributed by atoms with Crippen LogP contribution in [0.2, 0.25) is 0 Å². The standard InChI is InChI=1S/C15H19N3O/c1-2-6-15(7-3-1)18-10-13(9-17-18)11-19-12-14-5-4-8-16-14/h1-3,6-7,9-10,14,16H,4-5,8,11-12H2. The van der Waals surface area contributed by atoms with Crippen LogP contribution < -0.4 is 5.32 Å². The number of ether oxygens (including phenoxy) is 1. The minimum Gasteiger partial charge on any atom is -0.375 e. The molecule has 1 aliphatic rings. The lowest BCUT2D eigenvalue weighted by Crippen LogP contribution is -2.26. The smallest absolute Gasteiger partial charge is 0.0748 e. The molecule has 1 saturated heterocycles. The fourth-order valence-electron chi connectivity index (χ4n) is 2.37. The summed E-state index contributed by atoms with van der Waals surface area (Å²) < 4.78 is 7.62. The van der Waals surface area contributed by atoms with E-state index in [1.807, 2.05) is 47.4 Å². The van der Waals surface area contributed by atoms with Gasteiger partial charge in [0.1, 0.15) is 0 Å². The van der Waals surface area contributed by atoms with E-state index >= 15 is 0 Å². The van der Waals surface area contributed by atoms with Crippen molar-refractivity contribution in [2.24, 2.45) is 0 Å². The topological polar surface area (TPSA) is 39.1 Å². The second-order valence-corrected chi connectivity index (χ2v) is 4.94. The van der Waals surface area contributed by atoms with Gasteiger partial charge in [-0.15, -0.1) is 0 Å².